The monoisotopic (exact) mass is 280 g/mol. The molecule has 19 heavy (non-hydrogen) atoms. The fourth-order valence-electron chi connectivity index (χ4n) is 1.47. The molecule has 0 fully saturated rings. The van der Waals surface area contributed by atoms with Gasteiger partial charge in [-0.2, -0.15) is 0 Å². The summed E-state index contributed by atoms with van der Waals surface area (Å²) in [4.78, 5) is 26.1. The molecule has 98 valence electrons. The van der Waals surface area contributed by atoms with E-state index in [0.29, 0.717) is 11.3 Å². The largest absolute Gasteiger partial charge is 0.476 e. The van der Waals surface area contributed by atoms with Crippen LogP contribution in [-0.4, -0.2) is 22.0 Å². The predicted molar refractivity (Wildman–Crippen MR) is 68.2 cm³/mol. The SMILES string of the molecule is Cc1cc(F)cc(NC(=O)c2nc(C(=O)O)cs2)c1. The summed E-state index contributed by atoms with van der Waals surface area (Å²) >= 11 is 0.916. The summed E-state index contributed by atoms with van der Waals surface area (Å²) in [5.41, 5.74) is 0.779. The Kier molecular flexibility index (Phi) is 3.57. The number of amides is 1. The van der Waals surface area contributed by atoms with Gasteiger partial charge in [-0.1, -0.05) is 0 Å². The number of carbonyl (C=O) groups is 2. The maximum atomic E-state index is 13.1. The molecule has 0 aliphatic carbocycles. The van der Waals surface area contributed by atoms with E-state index in [9.17, 15) is 14.0 Å². The fourth-order valence-corrected chi connectivity index (χ4v) is 2.16. The number of carbonyl (C=O) groups excluding carboxylic acids is 1. The van der Waals surface area contributed by atoms with Gasteiger partial charge in [0.2, 0.25) is 0 Å². The first kappa shape index (κ1) is 13.2. The lowest BCUT2D eigenvalue weighted by Crippen LogP contribution is -2.12. The number of halogens is 1. The normalized spacial score (nSPS) is 10.2. The Hall–Kier alpha value is -2.28. The molecule has 1 amide bonds. The summed E-state index contributed by atoms with van der Waals surface area (Å²) in [5, 5.41) is 12.5. The number of hydrogen-bond acceptors (Lipinski definition) is 4. The van der Waals surface area contributed by atoms with E-state index in [1.165, 1.54) is 17.5 Å². The molecule has 1 aromatic heterocycles. The Morgan fingerprint density at radius 1 is 1.37 bits per heavy atom. The van der Waals surface area contributed by atoms with Crippen molar-refractivity contribution < 1.29 is 19.1 Å². The van der Waals surface area contributed by atoms with Crippen molar-refractivity contribution in [1.82, 2.24) is 4.98 Å². The maximum absolute atomic E-state index is 13.1. The number of aromatic nitrogens is 1. The molecule has 0 saturated heterocycles. The first-order chi connectivity index (χ1) is 8.95. The highest BCUT2D eigenvalue weighted by atomic mass is 32.1. The zero-order valence-electron chi connectivity index (χ0n) is 9.81. The number of nitrogens with one attached hydrogen (secondary N) is 1. The van der Waals surface area contributed by atoms with Gasteiger partial charge in [0, 0.05) is 11.1 Å². The molecule has 0 aliphatic rings. The van der Waals surface area contributed by atoms with Crippen molar-refractivity contribution in [1.29, 1.82) is 0 Å². The highest BCUT2D eigenvalue weighted by Gasteiger charge is 2.15. The van der Waals surface area contributed by atoms with Gasteiger partial charge in [-0.05, 0) is 30.7 Å². The molecule has 0 atom stereocenters. The average Bonchev–Trinajstić information content (AvgIpc) is 2.76. The molecule has 2 rings (SSSR count). The van der Waals surface area contributed by atoms with Crippen molar-refractivity contribution in [3.05, 3.63) is 45.7 Å². The Balaban J connectivity index is 2.18. The summed E-state index contributed by atoms with van der Waals surface area (Å²) in [6, 6.07) is 4.12. The van der Waals surface area contributed by atoms with Gasteiger partial charge >= 0.3 is 5.97 Å². The second-order valence-corrected chi connectivity index (χ2v) is 4.67. The topological polar surface area (TPSA) is 79.3 Å². The maximum Gasteiger partial charge on any atom is 0.355 e. The van der Waals surface area contributed by atoms with Crippen molar-refractivity contribution in [2.24, 2.45) is 0 Å². The van der Waals surface area contributed by atoms with E-state index in [0.717, 1.165) is 11.3 Å². The van der Waals surface area contributed by atoms with E-state index in [4.69, 9.17) is 5.11 Å². The molecule has 1 heterocycles. The van der Waals surface area contributed by atoms with E-state index < -0.39 is 17.7 Å². The lowest BCUT2D eigenvalue weighted by Gasteiger charge is -2.04. The highest BCUT2D eigenvalue weighted by Crippen LogP contribution is 2.16. The van der Waals surface area contributed by atoms with Gasteiger partial charge in [0.05, 0.1) is 0 Å². The van der Waals surface area contributed by atoms with Gasteiger partial charge < -0.3 is 10.4 Å². The molecule has 0 bridgehead atoms. The van der Waals surface area contributed by atoms with Crippen LogP contribution in [0.4, 0.5) is 10.1 Å². The average molecular weight is 280 g/mol. The zero-order valence-corrected chi connectivity index (χ0v) is 10.6. The number of aryl methyl sites for hydroxylation is 1. The van der Waals surface area contributed by atoms with Gasteiger partial charge in [-0.25, -0.2) is 14.2 Å². The molecule has 5 nitrogen and oxygen atoms in total. The van der Waals surface area contributed by atoms with Crippen molar-refractivity contribution in [2.75, 3.05) is 5.32 Å². The molecule has 0 aliphatic heterocycles. The first-order valence-electron chi connectivity index (χ1n) is 5.23. The molecule has 0 saturated carbocycles. The van der Waals surface area contributed by atoms with Crippen LogP contribution < -0.4 is 5.32 Å². The molecule has 2 aromatic rings. The molecular formula is C12H9FN2O3S. The van der Waals surface area contributed by atoms with Crippen molar-refractivity contribution >= 4 is 28.9 Å². The third-order valence-corrected chi connectivity index (χ3v) is 3.06. The zero-order chi connectivity index (χ0) is 14.0. The van der Waals surface area contributed by atoms with Crippen molar-refractivity contribution in [3.63, 3.8) is 0 Å². The molecule has 1 aromatic carbocycles. The number of benzene rings is 1. The van der Waals surface area contributed by atoms with Crippen LogP contribution in [0.25, 0.3) is 0 Å². The Bertz CT molecular complexity index is 634. The Morgan fingerprint density at radius 3 is 2.68 bits per heavy atom. The number of thiazole rings is 1. The lowest BCUT2D eigenvalue weighted by molar-refractivity contribution is 0.0691. The van der Waals surface area contributed by atoms with Gasteiger partial charge in [-0.15, -0.1) is 11.3 Å². The molecule has 2 N–H and O–H groups in total. The van der Waals surface area contributed by atoms with E-state index in [-0.39, 0.29) is 10.7 Å². The minimum absolute atomic E-state index is 0.0133. The number of anilines is 1. The predicted octanol–water partition coefficient (Wildman–Crippen LogP) is 2.54. The third-order valence-electron chi connectivity index (χ3n) is 2.22. The third kappa shape index (κ3) is 3.14. The summed E-state index contributed by atoms with van der Waals surface area (Å²) in [6.07, 6.45) is 0. The van der Waals surface area contributed by atoms with Crippen LogP contribution >= 0.6 is 11.3 Å². The first-order valence-corrected chi connectivity index (χ1v) is 6.11. The summed E-state index contributed by atoms with van der Waals surface area (Å²) in [7, 11) is 0. The van der Waals surface area contributed by atoms with E-state index >= 15 is 0 Å². The minimum Gasteiger partial charge on any atom is -0.476 e. The van der Waals surface area contributed by atoms with E-state index in [2.05, 4.69) is 10.3 Å². The summed E-state index contributed by atoms with van der Waals surface area (Å²) < 4.78 is 13.1. The molecule has 7 heteroatoms. The number of aromatic carboxylic acids is 1. The van der Waals surface area contributed by atoms with Crippen LogP contribution in [0.5, 0.6) is 0 Å². The van der Waals surface area contributed by atoms with Crippen molar-refractivity contribution in [2.45, 2.75) is 6.92 Å². The fraction of sp³-hybridized carbons (Fsp3) is 0.0833. The second-order valence-electron chi connectivity index (χ2n) is 3.81. The van der Waals surface area contributed by atoms with Crippen LogP contribution in [0.3, 0.4) is 0 Å². The Morgan fingerprint density at radius 2 is 2.11 bits per heavy atom. The summed E-state index contributed by atoms with van der Waals surface area (Å²) in [6.45, 7) is 1.70. The number of rotatable bonds is 3. The van der Waals surface area contributed by atoms with Gasteiger partial charge in [0.15, 0.2) is 10.7 Å². The quantitative estimate of drug-likeness (QED) is 0.905. The van der Waals surface area contributed by atoms with Gasteiger partial charge in [0.25, 0.3) is 5.91 Å². The van der Waals surface area contributed by atoms with Crippen LogP contribution in [0, 0.1) is 12.7 Å². The van der Waals surface area contributed by atoms with E-state index in [1.807, 2.05) is 0 Å². The number of carboxylic acid groups (broad SMARTS) is 1. The van der Waals surface area contributed by atoms with Crippen LogP contribution in [0.15, 0.2) is 23.6 Å². The Labute approximate surface area is 111 Å². The summed E-state index contributed by atoms with van der Waals surface area (Å²) in [5.74, 6) is -2.22. The van der Waals surface area contributed by atoms with Crippen LogP contribution in [0.1, 0.15) is 25.9 Å². The minimum atomic E-state index is -1.20. The smallest absolute Gasteiger partial charge is 0.355 e. The molecule has 0 radical (unpaired) electrons. The number of hydrogen-bond donors (Lipinski definition) is 2. The number of nitrogens with zero attached hydrogens (tertiary/aromatic N) is 1. The lowest BCUT2D eigenvalue weighted by atomic mass is 10.2. The highest BCUT2D eigenvalue weighted by molar-refractivity contribution is 7.12. The van der Waals surface area contributed by atoms with Crippen LogP contribution in [-0.2, 0) is 0 Å². The molecule has 0 spiro atoms. The van der Waals surface area contributed by atoms with Crippen LogP contribution in [0.2, 0.25) is 0 Å². The van der Waals surface area contributed by atoms with Gasteiger partial charge in [0.1, 0.15) is 5.82 Å². The molecule has 0 unspecified atom stereocenters. The van der Waals surface area contributed by atoms with E-state index in [1.54, 1.807) is 13.0 Å². The molecular weight excluding hydrogens is 271 g/mol. The standard InChI is InChI=1S/C12H9FN2O3S/c1-6-2-7(13)4-8(3-6)14-10(16)11-15-9(5-19-11)12(17)18/h2-5H,1H3,(H,14,16)(H,17,18). The number of carboxylic acids is 1. The van der Waals surface area contributed by atoms with Crippen molar-refractivity contribution in [3.8, 4) is 0 Å². The second kappa shape index (κ2) is 5.15. The van der Waals surface area contributed by atoms with Gasteiger partial charge in [-0.3, -0.25) is 4.79 Å².